The van der Waals surface area contributed by atoms with Crippen LogP contribution >= 0.6 is 11.6 Å². The molecular formula is C20H19ClN2O5S2. The molecule has 10 heteroatoms. The molecule has 3 aromatic rings. The molecular weight excluding hydrogens is 448 g/mol. The van der Waals surface area contributed by atoms with Crippen molar-refractivity contribution >= 4 is 43.0 Å². The Hall–Kier alpha value is -2.75. The second kappa shape index (κ2) is 8.55. The van der Waals surface area contributed by atoms with Crippen LogP contribution in [-0.4, -0.2) is 23.9 Å². The van der Waals surface area contributed by atoms with Crippen molar-refractivity contribution in [2.24, 2.45) is 0 Å². The average molecular weight is 467 g/mol. The first kappa shape index (κ1) is 21.9. The van der Waals surface area contributed by atoms with E-state index in [0.29, 0.717) is 22.0 Å². The van der Waals surface area contributed by atoms with E-state index in [4.69, 9.17) is 16.3 Å². The summed E-state index contributed by atoms with van der Waals surface area (Å²) in [5.74, 6) is 0.579. The largest absolute Gasteiger partial charge is 0.496 e. The number of halogens is 1. The molecule has 3 rings (SSSR count). The van der Waals surface area contributed by atoms with Crippen molar-refractivity contribution in [1.82, 2.24) is 0 Å². The van der Waals surface area contributed by atoms with Gasteiger partial charge in [0.1, 0.15) is 5.75 Å². The fourth-order valence-corrected chi connectivity index (χ4v) is 5.08. The van der Waals surface area contributed by atoms with Gasteiger partial charge in [0.2, 0.25) is 0 Å². The lowest BCUT2D eigenvalue weighted by atomic mass is 10.2. The van der Waals surface area contributed by atoms with Crippen LogP contribution in [0.3, 0.4) is 0 Å². The molecule has 0 saturated carbocycles. The van der Waals surface area contributed by atoms with E-state index in [1.54, 1.807) is 31.2 Å². The number of aryl methyl sites for hydroxylation is 1. The van der Waals surface area contributed by atoms with E-state index in [1.807, 2.05) is 0 Å². The number of benzene rings is 3. The van der Waals surface area contributed by atoms with Crippen LogP contribution in [0.5, 0.6) is 5.75 Å². The highest BCUT2D eigenvalue weighted by Crippen LogP contribution is 2.24. The zero-order valence-electron chi connectivity index (χ0n) is 16.1. The molecule has 30 heavy (non-hydrogen) atoms. The number of sulfonamides is 2. The monoisotopic (exact) mass is 466 g/mol. The van der Waals surface area contributed by atoms with Crippen LogP contribution in [0.25, 0.3) is 0 Å². The van der Waals surface area contributed by atoms with Gasteiger partial charge in [-0.1, -0.05) is 17.7 Å². The third kappa shape index (κ3) is 5.05. The molecule has 158 valence electrons. The summed E-state index contributed by atoms with van der Waals surface area (Å²) in [6.07, 6.45) is 0. The first-order valence-electron chi connectivity index (χ1n) is 8.67. The number of nitrogens with one attached hydrogen (secondary N) is 2. The van der Waals surface area contributed by atoms with E-state index in [-0.39, 0.29) is 15.5 Å². The van der Waals surface area contributed by atoms with Crippen molar-refractivity contribution < 1.29 is 21.6 Å². The maximum Gasteiger partial charge on any atom is 0.261 e. The second-order valence-electron chi connectivity index (χ2n) is 6.38. The minimum Gasteiger partial charge on any atom is -0.496 e. The molecule has 0 bridgehead atoms. The van der Waals surface area contributed by atoms with Crippen LogP contribution in [0.1, 0.15) is 5.56 Å². The van der Waals surface area contributed by atoms with E-state index in [2.05, 4.69) is 9.44 Å². The molecule has 0 amide bonds. The number of rotatable bonds is 7. The molecule has 0 unspecified atom stereocenters. The Bertz CT molecular complexity index is 1270. The topological polar surface area (TPSA) is 102 Å². The minimum absolute atomic E-state index is 0.0225. The fourth-order valence-electron chi connectivity index (χ4n) is 2.70. The molecule has 3 aromatic carbocycles. The number of ether oxygens (including phenoxy) is 1. The quantitative estimate of drug-likeness (QED) is 0.541. The van der Waals surface area contributed by atoms with Crippen molar-refractivity contribution in [2.75, 3.05) is 16.6 Å². The summed E-state index contributed by atoms with van der Waals surface area (Å²) in [4.78, 5) is 0.0471. The molecule has 2 N–H and O–H groups in total. The maximum atomic E-state index is 12.6. The van der Waals surface area contributed by atoms with Gasteiger partial charge in [-0.25, -0.2) is 16.8 Å². The smallest absolute Gasteiger partial charge is 0.261 e. The first-order chi connectivity index (χ1) is 14.1. The molecule has 0 radical (unpaired) electrons. The van der Waals surface area contributed by atoms with Gasteiger partial charge in [0.05, 0.1) is 22.6 Å². The maximum absolute atomic E-state index is 12.6. The minimum atomic E-state index is -3.86. The Balaban J connectivity index is 1.79. The predicted molar refractivity (Wildman–Crippen MR) is 117 cm³/mol. The summed E-state index contributed by atoms with van der Waals surface area (Å²) < 4.78 is 60.3. The van der Waals surface area contributed by atoms with Crippen molar-refractivity contribution in [3.8, 4) is 5.75 Å². The summed E-state index contributed by atoms with van der Waals surface area (Å²) in [5, 5.41) is 0.397. The van der Waals surface area contributed by atoms with E-state index < -0.39 is 20.0 Å². The summed E-state index contributed by atoms with van der Waals surface area (Å²) in [5.41, 5.74) is 1.22. The number of anilines is 2. The van der Waals surface area contributed by atoms with E-state index in [0.717, 1.165) is 0 Å². The standard InChI is InChI=1S/C20H19ClN2O5S2/c1-14-12-19(10-11-20(14)28-2)30(26,27)22-16-6-8-18(9-7-16)29(24,25)23-17-5-3-4-15(21)13-17/h3-13,22-23H,1-2H3. The van der Waals surface area contributed by atoms with Crippen LogP contribution in [0.2, 0.25) is 5.02 Å². The van der Waals surface area contributed by atoms with Crippen molar-refractivity contribution in [3.63, 3.8) is 0 Å². The molecule has 0 fully saturated rings. The van der Waals surface area contributed by atoms with Crippen LogP contribution in [-0.2, 0) is 20.0 Å². The lowest BCUT2D eigenvalue weighted by molar-refractivity contribution is 0.411. The van der Waals surface area contributed by atoms with Gasteiger partial charge in [-0.15, -0.1) is 0 Å². The molecule has 0 atom stereocenters. The Kier molecular flexibility index (Phi) is 6.25. The predicted octanol–water partition coefficient (Wildman–Crippen LogP) is 4.26. The highest BCUT2D eigenvalue weighted by Gasteiger charge is 2.18. The highest BCUT2D eigenvalue weighted by molar-refractivity contribution is 7.93. The fraction of sp³-hybridized carbons (Fsp3) is 0.100. The van der Waals surface area contributed by atoms with Gasteiger partial charge < -0.3 is 4.74 Å². The van der Waals surface area contributed by atoms with Crippen molar-refractivity contribution in [1.29, 1.82) is 0 Å². The molecule has 0 heterocycles. The summed E-state index contributed by atoms with van der Waals surface area (Å²) in [6, 6.07) is 16.2. The summed E-state index contributed by atoms with van der Waals surface area (Å²) in [7, 11) is -6.20. The number of methoxy groups -OCH3 is 1. The molecule has 0 saturated heterocycles. The highest BCUT2D eigenvalue weighted by atomic mass is 35.5. The molecule has 0 aromatic heterocycles. The normalized spacial score (nSPS) is 11.7. The van der Waals surface area contributed by atoms with E-state index in [1.165, 1.54) is 49.6 Å². The SMILES string of the molecule is COc1ccc(S(=O)(=O)Nc2ccc(S(=O)(=O)Nc3cccc(Cl)c3)cc2)cc1C. The van der Waals surface area contributed by atoms with Crippen molar-refractivity contribution in [2.45, 2.75) is 16.7 Å². The van der Waals surface area contributed by atoms with Crippen LogP contribution in [0.15, 0.2) is 76.5 Å². The van der Waals surface area contributed by atoms with Crippen LogP contribution < -0.4 is 14.2 Å². The Morgan fingerprint density at radius 2 is 1.37 bits per heavy atom. The van der Waals surface area contributed by atoms with Gasteiger partial charge in [0.25, 0.3) is 20.0 Å². The Morgan fingerprint density at radius 1 is 0.767 bits per heavy atom. The lowest BCUT2D eigenvalue weighted by Gasteiger charge is -2.12. The van der Waals surface area contributed by atoms with Gasteiger partial charge >= 0.3 is 0 Å². The van der Waals surface area contributed by atoms with Gasteiger partial charge in [-0.3, -0.25) is 9.44 Å². The molecule has 0 aliphatic rings. The molecule has 0 aliphatic carbocycles. The van der Waals surface area contributed by atoms with Crippen LogP contribution in [0.4, 0.5) is 11.4 Å². The number of hydrogen-bond donors (Lipinski definition) is 2. The van der Waals surface area contributed by atoms with Gasteiger partial charge in [-0.05, 0) is 73.2 Å². The Morgan fingerprint density at radius 3 is 1.97 bits per heavy atom. The lowest BCUT2D eigenvalue weighted by Crippen LogP contribution is -2.14. The first-order valence-corrected chi connectivity index (χ1v) is 12.0. The van der Waals surface area contributed by atoms with E-state index in [9.17, 15) is 16.8 Å². The summed E-state index contributed by atoms with van der Waals surface area (Å²) >= 11 is 5.87. The zero-order chi connectivity index (χ0) is 21.9. The zero-order valence-corrected chi connectivity index (χ0v) is 18.5. The van der Waals surface area contributed by atoms with Gasteiger partial charge in [0.15, 0.2) is 0 Å². The van der Waals surface area contributed by atoms with E-state index >= 15 is 0 Å². The molecule has 0 aliphatic heterocycles. The molecule has 0 spiro atoms. The molecule has 7 nitrogen and oxygen atoms in total. The van der Waals surface area contributed by atoms with Gasteiger partial charge in [0, 0.05) is 10.7 Å². The third-order valence-corrected chi connectivity index (χ3v) is 7.18. The Labute approximate surface area is 180 Å². The number of hydrogen-bond acceptors (Lipinski definition) is 5. The van der Waals surface area contributed by atoms with Crippen molar-refractivity contribution in [3.05, 3.63) is 77.3 Å². The van der Waals surface area contributed by atoms with Gasteiger partial charge in [-0.2, -0.15) is 0 Å². The van der Waals surface area contributed by atoms with Crippen LogP contribution in [0, 0.1) is 6.92 Å². The average Bonchev–Trinajstić information content (AvgIpc) is 2.67. The summed E-state index contributed by atoms with van der Waals surface area (Å²) in [6.45, 7) is 1.74. The second-order valence-corrected chi connectivity index (χ2v) is 10.2. The third-order valence-electron chi connectivity index (χ3n) is 4.17.